The monoisotopic (exact) mass is 186 g/mol. The molecule has 1 aliphatic rings. The summed E-state index contributed by atoms with van der Waals surface area (Å²) in [5.74, 6) is 1.19. The highest BCUT2D eigenvalue weighted by molar-refractivity contribution is 4.90. The molecule has 1 rings (SSSR count). The van der Waals surface area contributed by atoms with Crippen molar-refractivity contribution in [2.24, 2.45) is 17.3 Å². The van der Waals surface area contributed by atoms with Crippen LogP contribution in [0, 0.1) is 17.3 Å². The molecular formula is C11H22O2. The van der Waals surface area contributed by atoms with E-state index in [-0.39, 0.29) is 18.1 Å². The lowest BCUT2D eigenvalue weighted by molar-refractivity contribution is -0.0409. The minimum Gasteiger partial charge on any atom is -0.396 e. The lowest BCUT2D eigenvalue weighted by Crippen LogP contribution is -2.38. The Balaban J connectivity index is 2.70. The molecule has 0 spiro atoms. The van der Waals surface area contributed by atoms with Gasteiger partial charge >= 0.3 is 0 Å². The minimum atomic E-state index is -0.0514. The van der Waals surface area contributed by atoms with Gasteiger partial charge in [0.25, 0.3) is 0 Å². The lowest BCUT2D eigenvalue weighted by Gasteiger charge is -2.35. The molecule has 13 heavy (non-hydrogen) atoms. The van der Waals surface area contributed by atoms with E-state index in [1.807, 2.05) is 0 Å². The van der Waals surface area contributed by atoms with Crippen LogP contribution >= 0.6 is 0 Å². The quantitative estimate of drug-likeness (QED) is 0.731. The zero-order chi connectivity index (χ0) is 10.1. The van der Waals surface area contributed by atoms with Crippen molar-refractivity contribution in [1.29, 1.82) is 0 Å². The van der Waals surface area contributed by atoms with Crippen LogP contribution in [0.25, 0.3) is 0 Å². The highest BCUT2D eigenvalue weighted by atomic mass is 16.5. The Morgan fingerprint density at radius 2 is 2.08 bits per heavy atom. The first-order valence-electron chi connectivity index (χ1n) is 5.27. The second-order valence-electron chi connectivity index (χ2n) is 4.76. The largest absolute Gasteiger partial charge is 0.396 e. The van der Waals surface area contributed by atoms with E-state index in [1.165, 1.54) is 0 Å². The highest BCUT2D eigenvalue weighted by Crippen LogP contribution is 2.39. The molecule has 1 saturated heterocycles. The summed E-state index contributed by atoms with van der Waals surface area (Å²) in [5.41, 5.74) is -0.0514. The maximum atomic E-state index is 9.37. The van der Waals surface area contributed by atoms with Crippen molar-refractivity contribution in [1.82, 2.24) is 0 Å². The van der Waals surface area contributed by atoms with Gasteiger partial charge in [0.05, 0.1) is 12.7 Å². The van der Waals surface area contributed by atoms with Crippen LogP contribution in [0.4, 0.5) is 0 Å². The van der Waals surface area contributed by atoms with Crippen molar-refractivity contribution in [3.05, 3.63) is 0 Å². The zero-order valence-corrected chi connectivity index (χ0v) is 9.21. The van der Waals surface area contributed by atoms with E-state index in [1.54, 1.807) is 0 Å². The molecule has 0 bridgehead atoms. The Morgan fingerprint density at radius 1 is 1.46 bits per heavy atom. The van der Waals surface area contributed by atoms with Crippen molar-refractivity contribution >= 4 is 0 Å². The topological polar surface area (TPSA) is 29.5 Å². The van der Waals surface area contributed by atoms with Crippen LogP contribution < -0.4 is 0 Å². The van der Waals surface area contributed by atoms with Crippen molar-refractivity contribution < 1.29 is 9.84 Å². The number of rotatable bonds is 3. The van der Waals surface area contributed by atoms with Gasteiger partial charge in [-0.15, -0.1) is 0 Å². The third-order valence-corrected chi connectivity index (χ3v) is 3.77. The summed E-state index contributed by atoms with van der Waals surface area (Å²) in [6.45, 7) is 9.76. The maximum absolute atomic E-state index is 9.37. The first kappa shape index (κ1) is 11.0. The molecule has 4 atom stereocenters. The predicted molar refractivity (Wildman–Crippen MR) is 53.6 cm³/mol. The average Bonchev–Trinajstić information content (AvgIpc) is 2.47. The number of aliphatic hydroxyl groups excluding tert-OH is 1. The van der Waals surface area contributed by atoms with Gasteiger partial charge in [0, 0.05) is 12.0 Å². The minimum absolute atomic E-state index is 0.0514. The third kappa shape index (κ3) is 1.89. The summed E-state index contributed by atoms with van der Waals surface area (Å²) >= 11 is 0. The molecule has 1 heterocycles. The van der Waals surface area contributed by atoms with Crippen LogP contribution in [-0.4, -0.2) is 24.4 Å². The Kier molecular flexibility index (Phi) is 3.36. The zero-order valence-electron chi connectivity index (χ0n) is 9.21. The second kappa shape index (κ2) is 3.97. The van der Waals surface area contributed by atoms with Crippen LogP contribution in [0.1, 0.15) is 34.1 Å². The molecule has 0 aromatic rings. The van der Waals surface area contributed by atoms with Crippen molar-refractivity contribution in [3.8, 4) is 0 Å². The van der Waals surface area contributed by atoms with Gasteiger partial charge in [-0.1, -0.05) is 27.7 Å². The summed E-state index contributed by atoms with van der Waals surface area (Å²) in [5, 5.41) is 9.37. The fourth-order valence-electron chi connectivity index (χ4n) is 2.10. The molecule has 78 valence electrons. The van der Waals surface area contributed by atoms with Gasteiger partial charge < -0.3 is 9.84 Å². The molecule has 4 unspecified atom stereocenters. The maximum Gasteiger partial charge on any atom is 0.0679 e. The molecule has 0 aliphatic carbocycles. The van der Waals surface area contributed by atoms with Crippen LogP contribution in [0.2, 0.25) is 0 Å². The second-order valence-corrected chi connectivity index (χ2v) is 4.76. The van der Waals surface area contributed by atoms with E-state index in [2.05, 4.69) is 27.7 Å². The van der Waals surface area contributed by atoms with Crippen molar-refractivity contribution in [3.63, 3.8) is 0 Å². The third-order valence-electron chi connectivity index (χ3n) is 3.77. The molecule has 1 aliphatic heterocycles. The van der Waals surface area contributed by atoms with E-state index in [9.17, 15) is 5.11 Å². The SMILES string of the molecule is CCC(C)(CO)C1OCC(C)C1C. The summed E-state index contributed by atoms with van der Waals surface area (Å²) < 4.78 is 5.76. The van der Waals surface area contributed by atoms with E-state index in [0.29, 0.717) is 11.8 Å². The Morgan fingerprint density at radius 3 is 2.38 bits per heavy atom. The van der Waals surface area contributed by atoms with Crippen molar-refractivity contribution in [2.45, 2.75) is 40.2 Å². The Hall–Kier alpha value is -0.0800. The van der Waals surface area contributed by atoms with Gasteiger partial charge in [-0.05, 0) is 18.3 Å². The van der Waals surface area contributed by atoms with Crippen molar-refractivity contribution in [2.75, 3.05) is 13.2 Å². The average molecular weight is 186 g/mol. The van der Waals surface area contributed by atoms with E-state index < -0.39 is 0 Å². The first-order chi connectivity index (χ1) is 6.05. The Bertz CT molecular complexity index is 163. The molecule has 2 nitrogen and oxygen atoms in total. The molecule has 0 aromatic heterocycles. The van der Waals surface area contributed by atoms with Crippen LogP contribution in [0.3, 0.4) is 0 Å². The molecule has 0 saturated carbocycles. The molecular weight excluding hydrogens is 164 g/mol. The highest BCUT2D eigenvalue weighted by Gasteiger charge is 2.42. The van der Waals surface area contributed by atoms with Gasteiger partial charge in [-0.2, -0.15) is 0 Å². The van der Waals surface area contributed by atoms with Crippen LogP contribution in [-0.2, 0) is 4.74 Å². The summed E-state index contributed by atoms with van der Waals surface area (Å²) in [6, 6.07) is 0. The van der Waals surface area contributed by atoms with Gasteiger partial charge in [-0.3, -0.25) is 0 Å². The van der Waals surface area contributed by atoms with Crippen LogP contribution in [0.15, 0.2) is 0 Å². The standard InChI is InChI=1S/C11H22O2/c1-5-11(4,7-12)10-9(3)8(2)6-13-10/h8-10,12H,5-7H2,1-4H3. The molecule has 0 radical (unpaired) electrons. The van der Waals surface area contributed by atoms with Gasteiger partial charge in [0.1, 0.15) is 0 Å². The fraction of sp³-hybridized carbons (Fsp3) is 1.00. The molecule has 2 heteroatoms. The van der Waals surface area contributed by atoms with E-state index in [4.69, 9.17) is 4.74 Å². The summed E-state index contributed by atoms with van der Waals surface area (Å²) in [4.78, 5) is 0. The Labute approximate surface area is 81.3 Å². The van der Waals surface area contributed by atoms with E-state index in [0.717, 1.165) is 13.0 Å². The predicted octanol–water partition coefficient (Wildman–Crippen LogP) is 2.07. The fourth-order valence-corrected chi connectivity index (χ4v) is 2.10. The number of hydrogen-bond acceptors (Lipinski definition) is 2. The van der Waals surface area contributed by atoms with Crippen LogP contribution in [0.5, 0.6) is 0 Å². The molecule has 1 N–H and O–H groups in total. The molecule has 0 aromatic carbocycles. The number of hydrogen-bond donors (Lipinski definition) is 1. The number of aliphatic hydroxyl groups is 1. The van der Waals surface area contributed by atoms with Gasteiger partial charge in [-0.25, -0.2) is 0 Å². The lowest BCUT2D eigenvalue weighted by atomic mass is 9.75. The number of ether oxygens (including phenoxy) is 1. The van der Waals surface area contributed by atoms with E-state index >= 15 is 0 Å². The first-order valence-corrected chi connectivity index (χ1v) is 5.27. The van der Waals surface area contributed by atoms with Gasteiger partial charge in [0.15, 0.2) is 0 Å². The summed E-state index contributed by atoms with van der Waals surface area (Å²) in [6.07, 6.45) is 1.21. The summed E-state index contributed by atoms with van der Waals surface area (Å²) in [7, 11) is 0. The normalized spacial score (nSPS) is 39.0. The smallest absolute Gasteiger partial charge is 0.0679 e. The molecule has 1 fully saturated rings. The molecule has 0 amide bonds. The van der Waals surface area contributed by atoms with Gasteiger partial charge in [0.2, 0.25) is 0 Å².